The molecule has 1 aromatic carbocycles. The van der Waals surface area contributed by atoms with Crippen molar-refractivity contribution >= 4 is 22.9 Å². The van der Waals surface area contributed by atoms with Crippen molar-refractivity contribution in [1.82, 2.24) is 24.5 Å². The molecule has 0 aliphatic heterocycles. The summed E-state index contributed by atoms with van der Waals surface area (Å²) in [6.45, 7) is 1.97. The van der Waals surface area contributed by atoms with Crippen LogP contribution in [-0.2, 0) is 0 Å². The standard InChI is InChI=1S/C23H19N5OS/c1-16(17-6-8-18(9-7-17)27-12-2-3-13-27)26-23(29)19-15-25-28-20(10-11-24-22(19)28)21-5-4-14-30-21/h2-16H,1H3,(H,26,29). The molecule has 0 bridgehead atoms. The van der Waals surface area contributed by atoms with Crippen molar-refractivity contribution in [3.63, 3.8) is 0 Å². The van der Waals surface area contributed by atoms with E-state index < -0.39 is 0 Å². The van der Waals surface area contributed by atoms with Gasteiger partial charge in [-0.3, -0.25) is 4.79 Å². The van der Waals surface area contributed by atoms with Crippen LogP contribution in [0.15, 0.2) is 84.8 Å². The van der Waals surface area contributed by atoms with Gasteiger partial charge in [0.1, 0.15) is 5.56 Å². The Kier molecular flexibility index (Phi) is 4.65. The lowest BCUT2D eigenvalue weighted by molar-refractivity contribution is 0.0941. The molecule has 4 aromatic heterocycles. The minimum absolute atomic E-state index is 0.147. The van der Waals surface area contributed by atoms with E-state index in [9.17, 15) is 4.79 Å². The molecule has 0 aliphatic rings. The van der Waals surface area contributed by atoms with Crippen molar-refractivity contribution in [3.05, 3.63) is 95.9 Å². The van der Waals surface area contributed by atoms with Crippen LogP contribution in [0.1, 0.15) is 28.9 Å². The summed E-state index contributed by atoms with van der Waals surface area (Å²) in [5.74, 6) is -0.192. The van der Waals surface area contributed by atoms with Crippen molar-refractivity contribution in [2.24, 2.45) is 0 Å². The fourth-order valence-corrected chi connectivity index (χ4v) is 4.20. The number of rotatable bonds is 5. The van der Waals surface area contributed by atoms with Gasteiger partial charge in [-0.25, -0.2) is 9.50 Å². The van der Waals surface area contributed by atoms with Crippen LogP contribution in [0.4, 0.5) is 0 Å². The third-order valence-corrected chi connectivity index (χ3v) is 5.96. The van der Waals surface area contributed by atoms with Crippen LogP contribution in [-0.4, -0.2) is 25.1 Å². The van der Waals surface area contributed by atoms with E-state index in [0.29, 0.717) is 11.2 Å². The minimum Gasteiger partial charge on any atom is -0.345 e. The van der Waals surface area contributed by atoms with Crippen molar-refractivity contribution in [1.29, 1.82) is 0 Å². The molecule has 5 rings (SSSR count). The van der Waals surface area contributed by atoms with Crippen LogP contribution < -0.4 is 5.32 Å². The lowest BCUT2D eigenvalue weighted by Gasteiger charge is -2.14. The number of nitrogens with zero attached hydrogens (tertiary/aromatic N) is 4. The van der Waals surface area contributed by atoms with Gasteiger partial charge in [0.2, 0.25) is 0 Å². The summed E-state index contributed by atoms with van der Waals surface area (Å²) in [7, 11) is 0. The number of carbonyl (C=O) groups excluding carboxylic acids is 1. The summed E-state index contributed by atoms with van der Waals surface area (Å²) >= 11 is 1.63. The van der Waals surface area contributed by atoms with Crippen LogP contribution in [0, 0.1) is 0 Å². The summed E-state index contributed by atoms with van der Waals surface area (Å²) in [4.78, 5) is 18.4. The Balaban J connectivity index is 1.37. The molecule has 1 unspecified atom stereocenters. The van der Waals surface area contributed by atoms with Gasteiger partial charge in [-0.15, -0.1) is 11.3 Å². The number of hydrogen-bond donors (Lipinski definition) is 1. The molecule has 4 heterocycles. The van der Waals surface area contributed by atoms with Gasteiger partial charge in [0, 0.05) is 24.3 Å². The summed E-state index contributed by atoms with van der Waals surface area (Å²) in [6, 6.07) is 17.9. The van der Waals surface area contributed by atoms with Gasteiger partial charge in [-0.05, 0) is 54.3 Å². The van der Waals surface area contributed by atoms with Crippen molar-refractivity contribution in [2.75, 3.05) is 0 Å². The highest BCUT2D eigenvalue weighted by Gasteiger charge is 2.18. The molecule has 0 radical (unpaired) electrons. The molecule has 148 valence electrons. The number of thiophene rings is 1. The average molecular weight is 414 g/mol. The molecular weight excluding hydrogens is 394 g/mol. The van der Waals surface area contributed by atoms with Crippen LogP contribution in [0.25, 0.3) is 21.9 Å². The molecule has 30 heavy (non-hydrogen) atoms. The highest BCUT2D eigenvalue weighted by molar-refractivity contribution is 7.13. The van der Waals surface area contributed by atoms with Crippen LogP contribution >= 0.6 is 11.3 Å². The van der Waals surface area contributed by atoms with Gasteiger partial charge in [-0.2, -0.15) is 5.10 Å². The van der Waals surface area contributed by atoms with E-state index >= 15 is 0 Å². The Morgan fingerprint density at radius 2 is 1.87 bits per heavy atom. The molecule has 0 saturated heterocycles. The first kappa shape index (κ1) is 18.3. The molecular formula is C23H19N5OS. The van der Waals surface area contributed by atoms with Gasteiger partial charge in [-0.1, -0.05) is 18.2 Å². The molecule has 1 atom stereocenters. The topological polar surface area (TPSA) is 64.2 Å². The number of carbonyl (C=O) groups is 1. The summed E-state index contributed by atoms with van der Waals surface area (Å²) in [6.07, 6.45) is 7.30. The smallest absolute Gasteiger partial charge is 0.257 e. The summed E-state index contributed by atoms with van der Waals surface area (Å²) in [5.41, 5.74) is 4.04. The van der Waals surface area contributed by atoms with Crippen molar-refractivity contribution in [3.8, 4) is 16.3 Å². The van der Waals surface area contributed by atoms with E-state index in [2.05, 4.69) is 15.4 Å². The molecule has 0 fully saturated rings. The first-order chi connectivity index (χ1) is 14.7. The SMILES string of the molecule is CC(NC(=O)c1cnn2c(-c3cccs3)ccnc12)c1ccc(-n2cccc2)cc1. The zero-order valence-electron chi connectivity index (χ0n) is 16.3. The Hall–Kier alpha value is -3.71. The third kappa shape index (κ3) is 3.29. The van der Waals surface area contributed by atoms with Crippen molar-refractivity contribution in [2.45, 2.75) is 13.0 Å². The predicted molar refractivity (Wildman–Crippen MR) is 118 cm³/mol. The fraction of sp³-hybridized carbons (Fsp3) is 0.0870. The van der Waals surface area contributed by atoms with E-state index in [-0.39, 0.29) is 11.9 Å². The molecule has 1 amide bonds. The second-order valence-corrected chi connectivity index (χ2v) is 7.93. The fourth-order valence-electron chi connectivity index (χ4n) is 3.46. The lowest BCUT2D eigenvalue weighted by Crippen LogP contribution is -2.26. The van der Waals surface area contributed by atoms with Gasteiger partial charge < -0.3 is 9.88 Å². The maximum atomic E-state index is 12.9. The largest absolute Gasteiger partial charge is 0.345 e. The van der Waals surface area contributed by atoms with Gasteiger partial charge in [0.05, 0.1) is 22.8 Å². The van der Waals surface area contributed by atoms with E-state index in [1.54, 1.807) is 28.2 Å². The van der Waals surface area contributed by atoms with E-state index in [1.807, 2.05) is 83.9 Å². The maximum Gasteiger partial charge on any atom is 0.257 e. The number of benzene rings is 1. The summed E-state index contributed by atoms with van der Waals surface area (Å²) < 4.78 is 3.76. The van der Waals surface area contributed by atoms with Crippen LogP contribution in [0.5, 0.6) is 0 Å². The first-order valence-electron chi connectivity index (χ1n) is 9.61. The van der Waals surface area contributed by atoms with Crippen LogP contribution in [0.2, 0.25) is 0 Å². The second kappa shape index (κ2) is 7.61. The minimum atomic E-state index is -0.192. The molecule has 0 aliphatic carbocycles. The predicted octanol–water partition coefficient (Wildman–Crippen LogP) is 4.74. The highest BCUT2D eigenvalue weighted by atomic mass is 32.1. The first-order valence-corrected chi connectivity index (χ1v) is 10.5. The molecule has 0 spiro atoms. The Labute approximate surface area is 177 Å². The Morgan fingerprint density at radius 1 is 1.07 bits per heavy atom. The number of nitrogens with one attached hydrogen (secondary N) is 1. The normalized spacial score (nSPS) is 12.2. The number of amides is 1. The van der Waals surface area contributed by atoms with Gasteiger partial charge >= 0.3 is 0 Å². The molecule has 5 aromatic rings. The van der Waals surface area contributed by atoms with E-state index in [1.165, 1.54) is 0 Å². The zero-order valence-corrected chi connectivity index (χ0v) is 17.1. The number of fused-ring (bicyclic) bond motifs is 1. The molecule has 1 N–H and O–H groups in total. The zero-order chi connectivity index (χ0) is 20.5. The quantitative estimate of drug-likeness (QED) is 0.453. The monoisotopic (exact) mass is 413 g/mol. The molecule has 6 nitrogen and oxygen atoms in total. The third-order valence-electron chi connectivity index (χ3n) is 5.06. The number of hydrogen-bond acceptors (Lipinski definition) is 4. The average Bonchev–Trinajstić information content (AvgIpc) is 3.55. The van der Waals surface area contributed by atoms with Gasteiger partial charge in [0.25, 0.3) is 5.91 Å². The molecule has 0 saturated carbocycles. The van der Waals surface area contributed by atoms with E-state index in [0.717, 1.165) is 21.8 Å². The summed E-state index contributed by atoms with van der Waals surface area (Å²) in [5, 5.41) is 9.49. The Morgan fingerprint density at radius 3 is 2.60 bits per heavy atom. The Bertz CT molecular complexity index is 1290. The lowest BCUT2D eigenvalue weighted by atomic mass is 10.1. The van der Waals surface area contributed by atoms with Crippen LogP contribution in [0.3, 0.4) is 0 Å². The van der Waals surface area contributed by atoms with Crippen molar-refractivity contribution < 1.29 is 4.79 Å². The molecule has 7 heteroatoms. The highest BCUT2D eigenvalue weighted by Crippen LogP contribution is 2.25. The van der Waals surface area contributed by atoms with E-state index in [4.69, 9.17) is 0 Å². The van der Waals surface area contributed by atoms with Gasteiger partial charge in [0.15, 0.2) is 5.65 Å². The maximum absolute atomic E-state index is 12.9. The second-order valence-electron chi connectivity index (χ2n) is 6.98. The number of aromatic nitrogens is 4.